The Kier molecular flexibility index (Phi) is 5.84. The molecule has 1 atom stereocenters. The van der Waals surface area contributed by atoms with E-state index in [4.69, 9.17) is 22.1 Å². The van der Waals surface area contributed by atoms with Crippen molar-refractivity contribution in [3.63, 3.8) is 0 Å². The third kappa shape index (κ3) is 4.63. The van der Waals surface area contributed by atoms with Crippen molar-refractivity contribution in [2.45, 2.75) is 6.18 Å². The molecule has 2 aromatic carbocycles. The maximum atomic E-state index is 12.6. The Balaban J connectivity index is 2.19. The summed E-state index contributed by atoms with van der Waals surface area (Å²) in [6.07, 6.45) is -4.57. The number of rotatable bonds is 4. The van der Waals surface area contributed by atoms with Gasteiger partial charge in [0.05, 0.1) is 22.2 Å². The third-order valence-corrected chi connectivity index (χ3v) is 3.82. The maximum absolute atomic E-state index is 12.6. The highest BCUT2D eigenvalue weighted by molar-refractivity contribution is 6.32. The zero-order valence-corrected chi connectivity index (χ0v) is 14.1. The molecule has 1 N–H and O–H groups in total. The van der Waals surface area contributed by atoms with E-state index >= 15 is 0 Å². The Morgan fingerprint density at radius 1 is 1.07 bits per heavy atom. The standard InChI is InChI=1S/C18H9ClF3N3O2/c19-15-7-13(6-3-11(15)8-23)25-17(27)14(9-24)16(26)10-1-4-12(5-2-10)18(20,21)22/h1-7,14H,(H,25,27). The van der Waals surface area contributed by atoms with Gasteiger partial charge in [-0.15, -0.1) is 0 Å². The molecule has 5 nitrogen and oxygen atoms in total. The SMILES string of the molecule is N#Cc1ccc(NC(=O)C(C#N)C(=O)c2ccc(C(F)(F)F)cc2)cc1Cl. The largest absolute Gasteiger partial charge is 0.416 e. The van der Waals surface area contributed by atoms with Crippen LogP contribution in [-0.4, -0.2) is 11.7 Å². The lowest BCUT2D eigenvalue weighted by molar-refractivity contribution is -0.137. The first-order chi connectivity index (χ1) is 12.7. The molecule has 0 bridgehead atoms. The van der Waals surface area contributed by atoms with Gasteiger partial charge in [0.25, 0.3) is 0 Å². The van der Waals surface area contributed by atoms with Gasteiger partial charge in [-0.3, -0.25) is 9.59 Å². The van der Waals surface area contributed by atoms with Crippen molar-refractivity contribution in [2.75, 3.05) is 5.32 Å². The van der Waals surface area contributed by atoms with Crippen LogP contribution in [0.4, 0.5) is 18.9 Å². The molecule has 0 aromatic heterocycles. The number of nitriles is 2. The highest BCUT2D eigenvalue weighted by atomic mass is 35.5. The summed E-state index contributed by atoms with van der Waals surface area (Å²) in [5.41, 5.74) is -0.830. The molecule has 0 aliphatic heterocycles. The van der Waals surface area contributed by atoms with Crippen LogP contribution in [0.3, 0.4) is 0 Å². The van der Waals surface area contributed by atoms with E-state index in [1.165, 1.54) is 24.3 Å². The number of nitrogens with zero attached hydrogens (tertiary/aromatic N) is 2. The van der Waals surface area contributed by atoms with E-state index in [-0.39, 0.29) is 21.8 Å². The van der Waals surface area contributed by atoms with E-state index in [9.17, 15) is 22.8 Å². The molecular formula is C18H9ClF3N3O2. The molecule has 0 heterocycles. The van der Waals surface area contributed by atoms with Gasteiger partial charge in [-0.2, -0.15) is 23.7 Å². The third-order valence-electron chi connectivity index (χ3n) is 3.51. The van der Waals surface area contributed by atoms with Crippen LogP contribution in [0.1, 0.15) is 21.5 Å². The minimum absolute atomic E-state index is 0.0675. The molecule has 0 spiro atoms. The maximum Gasteiger partial charge on any atom is 0.416 e. The van der Waals surface area contributed by atoms with Gasteiger partial charge in [0.1, 0.15) is 6.07 Å². The Labute approximate surface area is 156 Å². The van der Waals surface area contributed by atoms with Crippen LogP contribution < -0.4 is 5.32 Å². The lowest BCUT2D eigenvalue weighted by Gasteiger charge is -2.11. The quantitative estimate of drug-likeness (QED) is 0.624. The lowest BCUT2D eigenvalue weighted by Crippen LogP contribution is -2.28. The van der Waals surface area contributed by atoms with Crippen molar-refractivity contribution < 1.29 is 22.8 Å². The fourth-order valence-electron chi connectivity index (χ4n) is 2.12. The summed E-state index contributed by atoms with van der Waals surface area (Å²) >= 11 is 5.84. The minimum atomic E-state index is -4.57. The number of benzene rings is 2. The van der Waals surface area contributed by atoms with Gasteiger partial charge in [-0.1, -0.05) is 23.7 Å². The van der Waals surface area contributed by atoms with Gasteiger partial charge < -0.3 is 5.32 Å². The number of halogens is 4. The second kappa shape index (κ2) is 7.90. The lowest BCUT2D eigenvalue weighted by atomic mass is 9.97. The molecule has 0 radical (unpaired) electrons. The Morgan fingerprint density at radius 2 is 1.70 bits per heavy atom. The summed E-state index contributed by atoms with van der Waals surface area (Å²) in [5, 5.41) is 20.3. The minimum Gasteiger partial charge on any atom is -0.324 e. The molecule has 27 heavy (non-hydrogen) atoms. The number of carbonyl (C=O) groups excluding carboxylic acids is 2. The fraction of sp³-hybridized carbons (Fsp3) is 0.111. The van der Waals surface area contributed by atoms with Crippen LogP contribution in [-0.2, 0) is 11.0 Å². The molecular weight excluding hydrogens is 383 g/mol. The van der Waals surface area contributed by atoms with Crippen LogP contribution in [0.5, 0.6) is 0 Å². The predicted octanol–water partition coefficient (Wildman–Crippen LogP) is 4.19. The number of ketones is 1. The Morgan fingerprint density at radius 3 is 2.19 bits per heavy atom. The average molecular weight is 392 g/mol. The molecule has 0 aliphatic carbocycles. The van der Waals surface area contributed by atoms with E-state index < -0.39 is 29.3 Å². The van der Waals surface area contributed by atoms with Gasteiger partial charge in [0, 0.05) is 11.3 Å². The highest BCUT2D eigenvalue weighted by Crippen LogP contribution is 2.29. The summed E-state index contributed by atoms with van der Waals surface area (Å²) in [7, 11) is 0. The molecule has 0 fully saturated rings. The number of carbonyl (C=O) groups is 2. The van der Waals surface area contributed by atoms with Crippen molar-refractivity contribution in [3.05, 3.63) is 64.2 Å². The number of hydrogen-bond acceptors (Lipinski definition) is 4. The van der Waals surface area contributed by atoms with Crippen LogP contribution in [0.25, 0.3) is 0 Å². The summed E-state index contributed by atoms with van der Waals surface area (Å²) in [6.45, 7) is 0. The van der Waals surface area contributed by atoms with Gasteiger partial charge in [-0.05, 0) is 30.3 Å². The average Bonchev–Trinajstić information content (AvgIpc) is 2.61. The second-order valence-electron chi connectivity index (χ2n) is 5.30. The molecule has 2 aromatic rings. The number of Topliss-reactive ketones (excluding diaryl/α,β-unsaturated/α-hetero) is 1. The Bertz CT molecular complexity index is 973. The zero-order chi connectivity index (χ0) is 20.2. The normalized spacial score (nSPS) is 11.8. The van der Waals surface area contributed by atoms with Crippen LogP contribution in [0, 0.1) is 28.6 Å². The first-order valence-corrected chi connectivity index (χ1v) is 7.66. The second-order valence-corrected chi connectivity index (χ2v) is 5.70. The first kappa shape index (κ1) is 20.0. The molecule has 2 rings (SSSR count). The molecule has 0 aliphatic rings. The van der Waals surface area contributed by atoms with E-state index in [2.05, 4.69) is 5.32 Å². The number of hydrogen-bond donors (Lipinski definition) is 1. The topological polar surface area (TPSA) is 93.8 Å². The smallest absolute Gasteiger partial charge is 0.324 e. The zero-order valence-electron chi connectivity index (χ0n) is 13.3. The molecule has 0 saturated heterocycles. The van der Waals surface area contributed by atoms with Crippen LogP contribution in [0.15, 0.2) is 42.5 Å². The number of nitrogens with one attached hydrogen (secondary N) is 1. The molecule has 0 saturated carbocycles. The van der Waals surface area contributed by atoms with Crippen molar-refractivity contribution in [2.24, 2.45) is 5.92 Å². The fourth-order valence-corrected chi connectivity index (χ4v) is 2.35. The van der Waals surface area contributed by atoms with Crippen molar-refractivity contribution in [3.8, 4) is 12.1 Å². The number of amides is 1. The number of alkyl halides is 3. The highest BCUT2D eigenvalue weighted by Gasteiger charge is 2.32. The Hall–Kier alpha value is -3.36. The van der Waals surface area contributed by atoms with Crippen LogP contribution >= 0.6 is 11.6 Å². The summed E-state index contributed by atoms with van der Waals surface area (Å²) in [4.78, 5) is 24.5. The van der Waals surface area contributed by atoms with Crippen molar-refractivity contribution in [1.82, 2.24) is 0 Å². The van der Waals surface area contributed by atoms with Crippen LogP contribution in [0.2, 0.25) is 5.02 Å². The van der Waals surface area contributed by atoms with Crippen molar-refractivity contribution in [1.29, 1.82) is 10.5 Å². The van der Waals surface area contributed by atoms with Gasteiger partial charge in [0.2, 0.25) is 5.91 Å². The van der Waals surface area contributed by atoms with E-state index in [0.717, 1.165) is 12.1 Å². The monoisotopic (exact) mass is 391 g/mol. The van der Waals surface area contributed by atoms with Gasteiger partial charge in [-0.25, -0.2) is 0 Å². The van der Waals surface area contributed by atoms with E-state index in [0.29, 0.717) is 12.1 Å². The molecule has 136 valence electrons. The summed E-state index contributed by atoms with van der Waals surface area (Å²) in [5.74, 6) is -3.68. The van der Waals surface area contributed by atoms with Crippen molar-refractivity contribution >= 4 is 29.0 Å². The first-order valence-electron chi connectivity index (χ1n) is 7.29. The predicted molar refractivity (Wildman–Crippen MR) is 89.7 cm³/mol. The number of anilines is 1. The molecule has 1 amide bonds. The van der Waals surface area contributed by atoms with E-state index in [1.54, 1.807) is 0 Å². The molecule has 9 heteroatoms. The molecule has 1 unspecified atom stereocenters. The van der Waals surface area contributed by atoms with Gasteiger partial charge >= 0.3 is 6.18 Å². The van der Waals surface area contributed by atoms with Gasteiger partial charge in [0.15, 0.2) is 11.7 Å². The van der Waals surface area contributed by atoms with E-state index in [1.807, 2.05) is 6.07 Å². The summed E-state index contributed by atoms with van der Waals surface area (Å²) < 4.78 is 37.7. The summed E-state index contributed by atoms with van der Waals surface area (Å²) in [6, 6.07) is 10.5.